The van der Waals surface area contributed by atoms with E-state index in [4.69, 9.17) is 4.74 Å². The normalized spacial score (nSPS) is 11.7. The maximum atomic E-state index is 12.2. The van der Waals surface area contributed by atoms with Crippen LogP contribution in [0.5, 0.6) is 0 Å². The maximum absolute atomic E-state index is 12.2. The molecule has 0 radical (unpaired) electrons. The molecule has 2 N–H and O–H groups in total. The second kappa shape index (κ2) is 7.61. The van der Waals surface area contributed by atoms with E-state index in [9.17, 15) is 4.79 Å². The van der Waals surface area contributed by atoms with Gasteiger partial charge in [-0.15, -0.1) is 0 Å². The minimum absolute atomic E-state index is 0.317. The molecular formula is C21H24N4O2. The molecule has 0 aliphatic carbocycles. The monoisotopic (exact) mass is 364 g/mol. The molecule has 2 heterocycles. The molecule has 0 saturated heterocycles. The van der Waals surface area contributed by atoms with Crippen LogP contribution in [0.25, 0.3) is 10.9 Å². The summed E-state index contributed by atoms with van der Waals surface area (Å²) in [5, 5.41) is 5.58. The van der Waals surface area contributed by atoms with Gasteiger partial charge >= 0.3 is 5.97 Å². The topological polar surface area (TPSA) is 79.4 Å². The second-order valence-corrected chi connectivity index (χ2v) is 6.50. The van der Waals surface area contributed by atoms with Gasteiger partial charge in [0, 0.05) is 11.1 Å². The van der Waals surface area contributed by atoms with E-state index in [2.05, 4.69) is 33.5 Å². The van der Waals surface area contributed by atoms with Gasteiger partial charge in [0.2, 0.25) is 0 Å². The number of aromatic amines is 1. The number of nitrogens with one attached hydrogen (secondary N) is 2. The molecule has 6 nitrogen and oxygen atoms in total. The number of anilines is 1. The van der Waals surface area contributed by atoms with E-state index < -0.39 is 0 Å². The lowest BCUT2D eigenvalue weighted by atomic mass is 10.1. The highest BCUT2D eigenvalue weighted by atomic mass is 16.5. The predicted octanol–water partition coefficient (Wildman–Crippen LogP) is 4.50. The minimum atomic E-state index is -0.317. The maximum Gasteiger partial charge on any atom is 0.340 e. The molecular weight excluding hydrogens is 340 g/mol. The van der Waals surface area contributed by atoms with Crippen molar-refractivity contribution in [3.8, 4) is 0 Å². The molecule has 0 fully saturated rings. The van der Waals surface area contributed by atoms with Gasteiger partial charge in [0.05, 0.1) is 29.1 Å². The molecule has 3 aromatic rings. The molecule has 1 aromatic carbocycles. The van der Waals surface area contributed by atoms with Crippen LogP contribution in [0.4, 0.5) is 5.82 Å². The van der Waals surface area contributed by atoms with Crippen molar-refractivity contribution in [3.63, 3.8) is 0 Å². The number of hydrogen-bond donors (Lipinski definition) is 2. The molecule has 27 heavy (non-hydrogen) atoms. The van der Waals surface area contributed by atoms with Crippen molar-refractivity contribution < 1.29 is 9.53 Å². The van der Waals surface area contributed by atoms with E-state index >= 15 is 0 Å². The van der Waals surface area contributed by atoms with Gasteiger partial charge in [-0.2, -0.15) is 5.10 Å². The number of hydrazone groups is 1. The number of aryl methyl sites for hydroxylation is 2. The van der Waals surface area contributed by atoms with Gasteiger partial charge in [0.15, 0.2) is 0 Å². The van der Waals surface area contributed by atoms with Crippen LogP contribution in [0, 0.1) is 20.8 Å². The first-order chi connectivity index (χ1) is 12.9. The predicted molar refractivity (Wildman–Crippen MR) is 109 cm³/mol. The van der Waals surface area contributed by atoms with Crippen LogP contribution in [-0.2, 0) is 4.74 Å². The zero-order valence-corrected chi connectivity index (χ0v) is 16.3. The number of esters is 1. The van der Waals surface area contributed by atoms with Gasteiger partial charge in [-0.1, -0.05) is 18.2 Å². The van der Waals surface area contributed by atoms with Crippen molar-refractivity contribution in [2.45, 2.75) is 34.6 Å². The van der Waals surface area contributed by atoms with Crippen LogP contribution in [0.2, 0.25) is 0 Å². The third-order valence-corrected chi connectivity index (χ3v) is 4.54. The molecule has 0 aliphatic rings. The number of rotatable bonds is 5. The number of para-hydroxylation sites is 1. The van der Waals surface area contributed by atoms with Gasteiger partial charge in [0.1, 0.15) is 5.82 Å². The number of nitrogens with zero attached hydrogens (tertiary/aromatic N) is 2. The van der Waals surface area contributed by atoms with Crippen molar-refractivity contribution in [3.05, 3.63) is 58.4 Å². The Kier molecular flexibility index (Phi) is 5.26. The third kappa shape index (κ3) is 3.69. The van der Waals surface area contributed by atoms with E-state index in [1.807, 2.05) is 45.0 Å². The summed E-state index contributed by atoms with van der Waals surface area (Å²) in [6.45, 7) is 9.83. The molecule has 0 atom stereocenters. The SMILES string of the molecule is CCOC(=O)c1c(C)[nH]c(/C(C)=N/Nc2cc(C)c3ccccc3n2)c1C. The first kappa shape index (κ1) is 18.6. The number of H-pyrrole nitrogens is 1. The van der Waals surface area contributed by atoms with Gasteiger partial charge < -0.3 is 9.72 Å². The molecule has 0 amide bonds. The lowest BCUT2D eigenvalue weighted by Crippen LogP contribution is -2.07. The van der Waals surface area contributed by atoms with Gasteiger partial charge in [-0.3, -0.25) is 5.43 Å². The van der Waals surface area contributed by atoms with Crippen LogP contribution in [0.15, 0.2) is 35.4 Å². The zero-order valence-electron chi connectivity index (χ0n) is 16.3. The number of benzene rings is 1. The van der Waals surface area contributed by atoms with E-state index in [1.54, 1.807) is 6.92 Å². The highest BCUT2D eigenvalue weighted by molar-refractivity contribution is 6.03. The molecule has 3 rings (SSSR count). The molecule has 0 bridgehead atoms. The van der Waals surface area contributed by atoms with Crippen LogP contribution in [0.1, 0.15) is 46.7 Å². The van der Waals surface area contributed by atoms with Crippen LogP contribution >= 0.6 is 0 Å². The Morgan fingerprint density at radius 1 is 1.26 bits per heavy atom. The zero-order chi connectivity index (χ0) is 19.6. The van der Waals surface area contributed by atoms with E-state index in [1.165, 1.54) is 0 Å². The van der Waals surface area contributed by atoms with E-state index in [-0.39, 0.29) is 5.97 Å². The average molecular weight is 364 g/mol. The first-order valence-corrected chi connectivity index (χ1v) is 8.95. The second-order valence-electron chi connectivity index (χ2n) is 6.50. The Balaban J connectivity index is 1.89. The Labute approximate surface area is 158 Å². The molecule has 2 aromatic heterocycles. The van der Waals surface area contributed by atoms with Crippen molar-refractivity contribution >= 4 is 28.4 Å². The number of pyridine rings is 1. The van der Waals surface area contributed by atoms with Crippen molar-refractivity contribution in [1.29, 1.82) is 0 Å². The fraction of sp³-hybridized carbons (Fsp3) is 0.286. The summed E-state index contributed by atoms with van der Waals surface area (Å²) in [7, 11) is 0. The highest BCUT2D eigenvalue weighted by Gasteiger charge is 2.20. The number of fused-ring (bicyclic) bond motifs is 1. The average Bonchev–Trinajstić information content (AvgIpc) is 2.94. The fourth-order valence-corrected chi connectivity index (χ4v) is 3.23. The van der Waals surface area contributed by atoms with E-state index in [0.29, 0.717) is 18.0 Å². The molecule has 6 heteroatoms. The minimum Gasteiger partial charge on any atom is -0.462 e. The molecule has 0 spiro atoms. The Bertz CT molecular complexity index is 1030. The Morgan fingerprint density at radius 2 is 2.00 bits per heavy atom. The summed E-state index contributed by atoms with van der Waals surface area (Å²) in [5.74, 6) is 0.361. The number of carbonyl (C=O) groups excluding carboxylic acids is 1. The van der Waals surface area contributed by atoms with Crippen LogP contribution < -0.4 is 5.43 Å². The first-order valence-electron chi connectivity index (χ1n) is 8.95. The quantitative estimate of drug-likeness (QED) is 0.397. The van der Waals surface area contributed by atoms with Gasteiger partial charge in [0.25, 0.3) is 0 Å². The highest BCUT2D eigenvalue weighted by Crippen LogP contribution is 2.21. The summed E-state index contributed by atoms with van der Waals surface area (Å²) in [6.07, 6.45) is 0. The standard InChI is InChI=1S/C21H24N4O2/c1-6-27-21(26)19-13(3)20(22-14(19)4)15(5)24-25-18-11-12(2)16-9-7-8-10-17(16)23-18/h7-11,22H,6H2,1-5H3,(H,23,25)/b24-15+. The summed E-state index contributed by atoms with van der Waals surface area (Å²) in [6, 6.07) is 9.97. The van der Waals surface area contributed by atoms with Crippen molar-refractivity contribution in [2.75, 3.05) is 12.0 Å². The van der Waals surface area contributed by atoms with Gasteiger partial charge in [-0.25, -0.2) is 9.78 Å². The summed E-state index contributed by atoms with van der Waals surface area (Å²) in [4.78, 5) is 20.0. The summed E-state index contributed by atoms with van der Waals surface area (Å²) in [5.41, 5.74) is 8.79. The number of hydrogen-bond acceptors (Lipinski definition) is 5. The number of ether oxygens (including phenoxy) is 1. The summed E-state index contributed by atoms with van der Waals surface area (Å²) < 4.78 is 5.14. The lowest BCUT2D eigenvalue weighted by Gasteiger charge is -2.07. The molecule has 0 saturated carbocycles. The smallest absolute Gasteiger partial charge is 0.340 e. The number of carbonyl (C=O) groups is 1. The molecule has 0 aliphatic heterocycles. The van der Waals surface area contributed by atoms with Crippen LogP contribution in [0.3, 0.4) is 0 Å². The number of aromatic nitrogens is 2. The fourth-order valence-electron chi connectivity index (χ4n) is 3.23. The summed E-state index contributed by atoms with van der Waals surface area (Å²) >= 11 is 0. The Morgan fingerprint density at radius 3 is 2.74 bits per heavy atom. The van der Waals surface area contributed by atoms with Crippen LogP contribution in [-0.4, -0.2) is 28.3 Å². The molecule has 0 unspecified atom stereocenters. The van der Waals surface area contributed by atoms with Gasteiger partial charge in [-0.05, 0) is 57.9 Å². The molecule has 140 valence electrons. The van der Waals surface area contributed by atoms with Crippen molar-refractivity contribution in [2.24, 2.45) is 5.10 Å². The third-order valence-electron chi connectivity index (χ3n) is 4.54. The van der Waals surface area contributed by atoms with Crippen molar-refractivity contribution in [1.82, 2.24) is 9.97 Å². The Hall–Kier alpha value is -3.15. The largest absolute Gasteiger partial charge is 0.462 e. The van der Waals surface area contributed by atoms with E-state index in [0.717, 1.165) is 39.1 Å². The lowest BCUT2D eigenvalue weighted by molar-refractivity contribution is 0.0525.